The first-order valence-corrected chi connectivity index (χ1v) is 12.6. The topological polar surface area (TPSA) is 61.4 Å². The van der Waals surface area contributed by atoms with E-state index in [1.54, 1.807) is 18.4 Å². The summed E-state index contributed by atoms with van der Waals surface area (Å²) in [7, 11) is 1.72. The predicted molar refractivity (Wildman–Crippen MR) is 130 cm³/mol. The molecule has 2 aliphatic heterocycles. The number of benzene rings is 1. The lowest BCUT2D eigenvalue weighted by atomic mass is 9.93. The van der Waals surface area contributed by atoms with E-state index in [9.17, 15) is 4.79 Å². The van der Waals surface area contributed by atoms with Crippen LogP contribution in [0.15, 0.2) is 36.5 Å². The van der Waals surface area contributed by atoms with E-state index in [1.807, 2.05) is 6.20 Å². The lowest BCUT2D eigenvalue weighted by molar-refractivity contribution is 0.0964. The van der Waals surface area contributed by atoms with Gasteiger partial charge in [-0.15, -0.1) is 11.3 Å². The Bertz CT molecular complexity index is 1090. The summed E-state index contributed by atoms with van der Waals surface area (Å²) in [6, 6.07) is 10.9. The van der Waals surface area contributed by atoms with Crippen LogP contribution in [0, 0.1) is 0 Å². The average Bonchev–Trinajstić information content (AvgIpc) is 3.49. The third kappa shape index (κ3) is 4.36. The van der Waals surface area contributed by atoms with Crippen molar-refractivity contribution >= 4 is 33.3 Å². The second-order valence-electron chi connectivity index (χ2n) is 8.85. The van der Waals surface area contributed by atoms with E-state index in [1.165, 1.54) is 41.3 Å². The molecule has 32 heavy (non-hydrogen) atoms. The number of hydrogen-bond acceptors (Lipinski definition) is 6. The summed E-state index contributed by atoms with van der Waals surface area (Å²) in [4.78, 5) is 27.8. The summed E-state index contributed by atoms with van der Waals surface area (Å²) >= 11 is 1.61. The molecular weight excluding hydrogens is 418 g/mol. The summed E-state index contributed by atoms with van der Waals surface area (Å²) in [5, 5.41) is 4.06. The van der Waals surface area contributed by atoms with E-state index in [0.29, 0.717) is 6.04 Å². The molecule has 3 aromatic rings. The number of anilines is 1. The highest BCUT2D eigenvalue weighted by Gasteiger charge is 2.27. The minimum Gasteiger partial charge on any atom is -0.354 e. The number of carbonyl (C=O) groups is 1. The van der Waals surface area contributed by atoms with Crippen LogP contribution in [0.3, 0.4) is 0 Å². The Morgan fingerprint density at radius 1 is 1.12 bits per heavy atom. The zero-order chi connectivity index (χ0) is 21.9. The molecule has 1 N–H and O–H groups in total. The number of thiophene rings is 1. The molecule has 2 saturated heterocycles. The highest BCUT2D eigenvalue weighted by Crippen LogP contribution is 2.34. The van der Waals surface area contributed by atoms with Crippen LogP contribution in [-0.2, 0) is 13.0 Å². The van der Waals surface area contributed by atoms with Crippen molar-refractivity contribution in [1.29, 1.82) is 0 Å². The van der Waals surface area contributed by atoms with Gasteiger partial charge in [-0.2, -0.15) is 0 Å². The van der Waals surface area contributed by atoms with E-state index < -0.39 is 0 Å². The molecule has 1 atom stereocenters. The van der Waals surface area contributed by atoms with E-state index in [-0.39, 0.29) is 5.91 Å². The van der Waals surface area contributed by atoms with Crippen molar-refractivity contribution in [3.63, 3.8) is 0 Å². The molecule has 2 aromatic heterocycles. The fourth-order valence-corrected chi connectivity index (χ4v) is 6.26. The number of nitrogens with zero attached hydrogens (tertiary/aromatic N) is 4. The van der Waals surface area contributed by atoms with Crippen LogP contribution in [0.5, 0.6) is 0 Å². The van der Waals surface area contributed by atoms with Crippen LogP contribution >= 0.6 is 11.3 Å². The van der Waals surface area contributed by atoms with Crippen LogP contribution in [0.1, 0.15) is 53.0 Å². The van der Waals surface area contributed by atoms with Crippen LogP contribution in [-0.4, -0.2) is 53.5 Å². The predicted octanol–water partition coefficient (Wildman–Crippen LogP) is 4.25. The molecular formula is C25H31N5OS. The number of fused-ring (bicyclic) bond motifs is 1. The standard InChI is InChI=1S/C25H31N5OS/c1-26-24(31)23-21(20-9-2-3-10-22(20)32-23)16-19-8-4-5-15-30(19)17-18-11-12-27-25(28-18)29-13-6-7-14-29/h2-3,9-12,19H,4-8,13-17H2,1H3,(H,26,31)/t19-/m1/s1. The molecule has 0 radical (unpaired) electrons. The highest BCUT2D eigenvalue weighted by molar-refractivity contribution is 7.21. The highest BCUT2D eigenvalue weighted by atomic mass is 32.1. The molecule has 7 heteroatoms. The molecule has 1 aromatic carbocycles. The minimum absolute atomic E-state index is 0.0228. The molecule has 0 spiro atoms. The van der Waals surface area contributed by atoms with Gasteiger partial charge in [-0.25, -0.2) is 9.97 Å². The molecule has 0 unspecified atom stereocenters. The van der Waals surface area contributed by atoms with Crippen molar-refractivity contribution in [2.75, 3.05) is 31.6 Å². The zero-order valence-corrected chi connectivity index (χ0v) is 19.5. The molecule has 2 aliphatic rings. The number of piperidine rings is 1. The molecule has 4 heterocycles. The number of nitrogens with one attached hydrogen (secondary N) is 1. The molecule has 168 valence electrons. The van der Waals surface area contributed by atoms with Gasteiger partial charge in [-0.05, 0) is 61.7 Å². The smallest absolute Gasteiger partial charge is 0.261 e. The van der Waals surface area contributed by atoms with Gasteiger partial charge < -0.3 is 10.2 Å². The number of likely N-dealkylation sites (tertiary alicyclic amines) is 1. The maximum absolute atomic E-state index is 12.6. The zero-order valence-electron chi connectivity index (χ0n) is 18.7. The fourth-order valence-electron chi connectivity index (χ4n) is 5.08. The third-order valence-corrected chi connectivity index (χ3v) is 7.99. The maximum Gasteiger partial charge on any atom is 0.261 e. The van der Waals surface area contributed by atoms with Gasteiger partial charge in [0, 0.05) is 43.6 Å². The third-order valence-electron chi connectivity index (χ3n) is 6.77. The summed E-state index contributed by atoms with van der Waals surface area (Å²) in [5.74, 6) is 0.897. The Morgan fingerprint density at radius 2 is 1.94 bits per heavy atom. The monoisotopic (exact) mass is 449 g/mol. The van der Waals surface area contributed by atoms with Gasteiger partial charge in [0.15, 0.2) is 0 Å². The molecule has 5 rings (SSSR count). The Morgan fingerprint density at radius 3 is 2.78 bits per heavy atom. The lowest BCUT2D eigenvalue weighted by Crippen LogP contribution is -2.40. The van der Waals surface area contributed by atoms with Gasteiger partial charge in [0.2, 0.25) is 5.95 Å². The van der Waals surface area contributed by atoms with E-state index >= 15 is 0 Å². The molecule has 0 bridgehead atoms. The normalized spacial score (nSPS) is 19.5. The first kappa shape index (κ1) is 21.3. The van der Waals surface area contributed by atoms with Gasteiger partial charge >= 0.3 is 0 Å². The van der Waals surface area contributed by atoms with Crippen molar-refractivity contribution in [1.82, 2.24) is 20.2 Å². The molecule has 0 saturated carbocycles. The van der Waals surface area contributed by atoms with Crippen LogP contribution in [0.2, 0.25) is 0 Å². The Hall–Kier alpha value is -2.51. The molecule has 1 amide bonds. The number of hydrogen-bond donors (Lipinski definition) is 1. The van der Waals surface area contributed by atoms with Crippen molar-refractivity contribution in [3.05, 3.63) is 52.7 Å². The van der Waals surface area contributed by atoms with Crippen molar-refractivity contribution in [2.45, 2.75) is 51.1 Å². The van der Waals surface area contributed by atoms with Crippen LogP contribution < -0.4 is 10.2 Å². The molecule has 2 fully saturated rings. The SMILES string of the molecule is CNC(=O)c1sc2ccccc2c1C[C@H]1CCCCN1Cc1ccnc(N2CCCC2)n1. The Balaban J connectivity index is 1.39. The summed E-state index contributed by atoms with van der Waals surface area (Å²) in [5.41, 5.74) is 2.29. The van der Waals surface area contributed by atoms with Crippen molar-refractivity contribution in [3.8, 4) is 0 Å². The lowest BCUT2D eigenvalue weighted by Gasteiger charge is -2.36. The average molecular weight is 450 g/mol. The largest absolute Gasteiger partial charge is 0.354 e. The fraction of sp³-hybridized carbons (Fsp3) is 0.480. The Kier molecular flexibility index (Phi) is 6.37. The van der Waals surface area contributed by atoms with Crippen molar-refractivity contribution < 1.29 is 4.79 Å². The van der Waals surface area contributed by atoms with E-state index in [2.05, 4.69) is 50.4 Å². The molecule has 0 aliphatic carbocycles. The summed E-state index contributed by atoms with van der Waals surface area (Å²) < 4.78 is 1.19. The summed E-state index contributed by atoms with van der Waals surface area (Å²) in [6.07, 6.45) is 8.87. The van der Waals surface area contributed by atoms with Gasteiger partial charge in [-0.3, -0.25) is 9.69 Å². The number of rotatable bonds is 6. The van der Waals surface area contributed by atoms with Crippen molar-refractivity contribution in [2.24, 2.45) is 0 Å². The van der Waals surface area contributed by atoms with Crippen LogP contribution in [0.25, 0.3) is 10.1 Å². The molecule has 6 nitrogen and oxygen atoms in total. The minimum atomic E-state index is 0.0228. The number of amides is 1. The van der Waals surface area contributed by atoms with Gasteiger partial charge in [0.25, 0.3) is 5.91 Å². The van der Waals surface area contributed by atoms with Gasteiger partial charge in [0.1, 0.15) is 0 Å². The number of aromatic nitrogens is 2. The first-order valence-electron chi connectivity index (χ1n) is 11.8. The van der Waals surface area contributed by atoms with Crippen LogP contribution in [0.4, 0.5) is 5.95 Å². The quantitative estimate of drug-likeness (QED) is 0.610. The van der Waals surface area contributed by atoms with Gasteiger partial charge in [-0.1, -0.05) is 24.6 Å². The Labute approximate surface area is 193 Å². The second-order valence-corrected chi connectivity index (χ2v) is 9.90. The second kappa shape index (κ2) is 9.55. The first-order chi connectivity index (χ1) is 15.7. The van der Waals surface area contributed by atoms with E-state index in [0.717, 1.165) is 55.5 Å². The van der Waals surface area contributed by atoms with Gasteiger partial charge in [0.05, 0.1) is 10.6 Å². The maximum atomic E-state index is 12.6. The van der Waals surface area contributed by atoms with E-state index in [4.69, 9.17) is 4.98 Å². The summed E-state index contributed by atoms with van der Waals surface area (Å²) in [6.45, 7) is 4.03. The number of carbonyl (C=O) groups excluding carboxylic acids is 1.